The Morgan fingerprint density at radius 1 is 1.22 bits per heavy atom. The van der Waals surface area contributed by atoms with E-state index in [4.69, 9.17) is 0 Å². The first-order valence-corrected chi connectivity index (χ1v) is 6.57. The van der Waals surface area contributed by atoms with Crippen molar-refractivity contribution >= 4 is 11.4 Å². The van der Waals surface area contributed by atoms with E-state index < -0.39 is 0 Å². The Morgan fingerprint density at radius 3 is 2.22 bits per heavy atom. The van der Waals surface area contributed by atoms with Crippen molar-refractivity contribution < 1.29 is 4.92 Å². The lowest BCUT2D eigenvalue weighted by molar-refractivity contribution is -0.384. The van der Waals surface area contributed by atoms with Gasteiger partial charge in [-0.25, -0.2) is 0 Å². The van der Waals surface area contributed by atoms with Gasteiger partial charge in [-0.1, -0.05) is 13.8 Å². The highest BCUT2D eigenvalue weighted by Gasteiger charge is 2.21. The molecule has 0 unspecified atom stereocenters. The van der Waals surface area contributed by atoms with E-state index in [0.29, 0.717) is 0 Å². The SMILES string of the molecule is CC(C)C1CCN(c2ccc([N+](=O)[O-])cc2)CC1. The maximum absolute atomic E-state index is 10.6. The van der Waals surface area contributed by atoms with Crippen molar-refractivity contribution in [2.75, 3.05) is 18.0 Å². The monoisotopic (exact) mass is 248 g/mol. The zero-order valence-corrected chi connectivity index (χ0v) is 11.0. The summed E-state index contributed by atoms with van der Waals surface area (Å²) in [4.78, 5) is 12.6. The molecular formula is C14H20N2O2. The van der Waals surface area contributed by atoms with Crippen molar-refractivity contribution in [3.8, 4) is 0 Å². The Labute approximate surface area is 108 Å². The smallest absolute Gasteiger partial charge is 0.269 e. The minimum Gasteiger partial charge on any atom is -0.372 e. The number of non-ortho nitro benzene ring substituents is 1. The van der Waals surface area contributed by atoms with Crippen molar-refractivity contribution in [1.29, 1.82) is 0 Å². The third-order valence-corrected chi connectivity index (χ3v) is 3.91. The number of anilines is 1. The molecule has 1 aliphatic rings. The molecule has 1 fully saturated rings. The molecule has 0 amide bonds. The summed E-state index contributed by atoms with van der Waals surface area (Å²) in [6.07, 6.45) is 2.43. The van der Waals surface area contributed by atoms with Crippen LogP contribution in [-0.2, 0) is 0 Å². The zero-order valence-electron chi connectivity index (χ0n) is 11.0. The third kappa shape index (κ3) is 2.81. The second-order valence-corrected chi connectivity index (χ2v) is 5.34. The van der Waals surface area contributed by atoms with Gasteiger partial charge in [-0.2, -0.15) is 0 Å². The largest absolute Gasteiger partial charge is 0.372 e. The van der Waals surface area contributed by atoms with Gasteiger partial charge in [0.05, 0.1) is 4.92 Å². The van der Waals surface area contributed by atoms with Crippen molar-refractivity contribution in [2.45, 2.75) is 26.7 Å². The van der Waals surface area contributed by atoms with E-state index in [9.17, 15) is 10.1 Å². The summed E-state index contributed by atoms with van der Waals surface area (Å²) in [6.45, 7) is 6.68. The molecule has 18 heavy (non-hydrogen) atoms. The lowest BCUT2D eigenvalue weighted by atomic mass is 9.86. The summed E-state index contributed by atoms with van der Waals surface area (Å²) in [7, 11) is 0. The second-order valence-electron chi connectivity index (χ2n) is 5.34. The number of rotatable bonds is 3. The summed E-state index contributed by atoms with van der Waals surface area (Å²) < 4.78 is 0. The molecule has 4 nitrogen and oxygen atoms in total. The fourth-order valence-electron chi connectivity index (χ4n) is 2.61. The molecule has 0 radical (unpaired) electrons. The molecule has 1 aliphatic heterocycles. The molecule has 0 spiro atoms. The fourth-order valence-corrected chi connectivity index (χ4v) is 2.61. The number of nitrogens with zero attached hydrogens (tertiary/aromatic N) is 2. The predicted octanol–water partition coefficient (Wildman–Crippen LogP) is 3.47. The number of benzene rings is 1. The standard InChI is InChI=1S/C14H20N2O2/c1-11(2)12-7-9-15(10-8-12)13-3-5-14(6-4-13)16(17)18/h3-6,11-12H,7-10H2,1-2H3. The van der Waals surface area contributed by atoms with Gasteiger partial charge in [-0.15, -0.1) is 0 Å². The molecule has 0 saturated carbocycles. The van der Waals surface area contributed by atoms with Crippen LogP contribution in [0.5, 0.6) is 0 Å². The van der Waals surface area contributed by atoms with Crippen LogP contribution in [-0.4, -0.2) is 18.0 Å². The van der Waals surface area contributed by atoms with Crippen molar-refractivity contribution in [1.82, 2.24) is 0 Å². The minimum atomic E-state index is -0.352. The maximum Gasteiger partial charge on any atom is 0.269 e. The highest BCUT2D eigenvalue weighted by atomic mass is 16.6. The van der Waals surface area contributed by atoms with Crippen LogP contribution in [0, 0.1) is 22.0 Å². The number of nitro benzene ring substituents is 1. The Kier molecular flexibility index (Phi) is 3.84. The lowest BCUT2D eigenvalue weighted by Crippen LogP contribution is -2.35. The van der Waals surface area contributed by atoms with Gasteiger partial charge in [-0.05, 0) is 36.8 Å². The molecule has 0 aliphatic carbocycles. The quantitative estimate of drug-likeness (QED) is 0.608. The maximum atomic E-state index is 10.6. The van der Waals surface area contributed by atoms with E-state index in [1.165, 1.54) is 12.8 Å². The van der Waals surface area contributed by atoms with Crippen molar-refractivity contribution in [3.63, 3.8) is 0 Å². The number of hydrogen-bond donors (Lipinski definition) is 0. The van der Waals surface area contributed by atoms with Gasteiger partial charge in [0.2, 0.25) is 0 Å². The molecular weight excluding hydrogens is 228 g/mol. The summed E-state index contributed by atoms with van der Waals surface area (Å²) in [5.74, 6) is 1.57. The molecule has 4 heteroatoms. The minimum absolute atomic E-state index is 0.163. The van der Waals surface area contributed by atoms with E-state index in [0.717, 1.165) is 30.6 Å². The molecule has 0 N–H and O–H groups in total. The van der Waals surface area contributed by atoms with Gasteiger partial charge in [0.1, 0.15) is 0 Å². The first-order chi connectivity index (χ1) is 8.58. The summed E-state index contributed by atoms with van der Waals surface area (Å²) in [5.41, 5.74) is 1.26. The molecule has 1 heterocycles. The number of piperidine rings is 1. The molecule has 2 rings (SSSR count). The normalized spacial score (nSPS) is 17.2. The van der Waals surface area contributed by atoms with E-state index in [2.05, 4.69) is 18.7 Å². The first-order valence-electron chi connectivity index (χ1n) is 6.57. The van der Waals surface area contributed by atoms with Crippen LogP contribution in [0.15, 0.2) is 24.3 Å². The number of hydrogen-bond acceptors (Lipinski definition) is 3. The topological polar surface area (TPSA) is 46.4 Å². The predicted molar refractivity (Wildman–Crippen MR) is 72.9 cm³/mol. The molecule has 1 aromatic rings. The van der Waals surface area contributed by atoms with Gasteiger partial charge in [0.15, 0.2) is 0 Å². The molecule has 1 saturated heterocycles. The molecule has 1 aromatic carbocycles. The van der Waals surface area contributed by atoms with Crippen LogP contribution in [0.3, 0.4) is 0 Å². The van der Waals surface area contributed by atoms with E-state index in [1.54, 1.807) is 12.1 Å². The number of nitro groups is 1. The Bertz CT molecular complexity index is 406. The summed E-state index contributed by atoms with van der Waals surface area (Å²) >= 11 is 0. The summed E-state index contributed by atoms with van der Waals surface area (Å²) in [5, 5.41) is 10.6. The second kappa shape index (κ2) is 5.38. The van der Waals surface area contributed by atoms with E-state index in [-0.39, 0.29) is 10.6 Å². The first kappa shape index (κ1) is 12.9. The average Bonchev–Trinajstić information content (AvgIpc) is 2.39. The van der Waals surface area contributed by atoms with Crippen LogP contribution in [0.25, 0.3) is 0 Å². The van der Waals surface area contributed by atoms with Crippen LogP contribution in [0.1, 0.15) is 26.7 Å². The zero-order chi connectivity index (χ0) is 13.1. The Balaban J connectivity index is 1.99. The van der Waals surface area contributed by atoms with Gasteiger partial charge >= 0.3 is 0 Å². The highest BCUT2D eigenvalue weighted by Crippen LogP contribution is 2.28. The van der Waals surface area contributed by atoms with Crippen LogP contribution in [0.4, 0.5) is 11.4 Å². The van der Waals surface area contributed by atoms with Crippen molar-refractivity contribution in [2.24, 2.45) is 11.8 Å². The van der Waals surface area contributed by atoms with Gasteiger partial charge in [-0.3, -0.25) is 10.1 Å². The van der Waals surface area contributed by atoms with E-state index >= 15 is 0 Å². The van der Waals surface area contributed by atoms with Crippen LogP contribution < -0.4 is 4.90 Å². The van der Waals surface area contributed by atoms with E-state index in [1.807, 2.05) is 12.1 Å². The van der Waals surface area contributed by atoms with Crippen LogP contribution >= 0.6 is 0 Å². The van der Waals surface area contributed by atoms with Crippen molar-refractivity contribution in [3.05, 3.63) is 34.4 Å². The van der Waals surface area contributed by atoms with Gasteiger partial charge in [0.25, 0.3) is 5.69 Å². The average molecular weight is 248 g/mol. The fraction of sp³-hybridized carbons (Fsp3) is 0.571. The lowest BCUT2D eigenvalue weighted by Gasteiger charge is -2.35. The molecule has 0 aromatic heterocycles. The Morgan fingerprint density at radius 2 is 1.78 bits per heavy atom. The molecule has 98 valence electrons. The molecule has 0 bridgehead atoms. The third-order valence-electron chi connectivity index (χ3n) is 3.91. The summed E-state index contributed by atoms with van der Waals surface area (Å²) in [6, 6.07) is 6.88. The van der Waals surface area contributed by atoms with Gasteiger partial charge < -0.3 is 4.90 Å². The molecule has 0 atom stereocenters. The van der Waals surface area contributed by atoms with Crippen LogP contribution in [0.2, 0.25) is 0 Å². The highest BCUT2D eigenvalue weighted by molar-refractivity contribution is 5.51. The van der Waals surface area contributed by atoms with Gasteiger partial charge in [0, 0.05) is 30.9 Å². The Hall–Kier alpha value is -1.58.